The second-order valence-electron chi connectivity index (χ2n) is 5.46. The molecule has 1 heterocycles. The van der Waals surface area contributed by atoms with Crippen LogP contribution < -0.4 is 5.73 Å². The van der Waals surface area contributed by atoms with Gasteiger partial charge in [0.2, 0.25) is 0 Å². The van der Waals surface area contributed by atoms with Gasteiger partial charge in [0, 0.05) is 15.3 Å². The highest BCUT2D eigenvalue weighted by molar-refractivity contribution is 7.98. The van der Waals surface area contributed by atoms with Crippen LogP contribution in [0.2, 0.25) is 0 Å². The molecule has 0 radical (unpaired) electrons. The van der Waals surface area contributed by atoms with Crippen LogP contribution in [-0.4, -0.2) is 4.98 Å². The highest BCUT2D eigenvalue weighted by atomic mass is 32.2. The molecule has 1 aromatic carbocycles. The summed E-state index contributed by atoms with van der Waals surface area (Å²) in [7, 11) is 0. The molecular weight excluding hydrogens is 284 g/mol. The molecule has 0 aliphatic rings. The summed E-state index contributed by atoms with van der Waals surface area (Å²) in [4.78, 5) is 7.32. The van der Waals surface area contributed by atoms with Crippen molar-refractivity contribution in [3.63, 3.8) is 0 Å². The molecule has 20 heavy (non-hydrogen) atoms. The van der Waals surface area contributed by atoms with Crippen molar-refractivity contribution in [1.29, 1.82) is 0 Å². The standard InChI is InChI=1S/C16H22N2S2/c1-4-8-13-15(16(2,3)17)20-14(18-13)11-19-12-9-6-5-7-10-12/h5-7,9-10H,4,8,11,17H2,1-3H3. The van der Waals surface area contributed by atoms with Gasteiger partial charge in [-0.25, -0.2) is 4.98 Å². The number of nitrogens with zero attached hydrogens (tertiary/aromatic N) is 1. The Hall–Kier alpha value is -0.840. The van der Waals surface area contributed by atoms with Crippen LogP contribution in [0.3, 0.4) is 0 Å². The van der Waals surface area contributed by atoms with Crippen LogP contribution in [0.4, 0.5) is 0 Å². The molecule has 0 aliphatic carbocycles. The predicted octanol–water partition coefficient (Wildman–Crippen LogP) is 4.58. The van der Waals surface area contributed by atoms with Gasteiger partial charge in [0.1, 0.15) is 5.01 Å². The first-order valence-corrected chi connectivity index (χ1v) is 8.76. The first-order valence-electron chi connectivity index (χ1n) is 6.96. The molecule has 0 bridgehead atoms. The molecule has 0 aliphatic heterocycles. The van der Waals surface area contributed by atoms with Gasteiger partial charge in [-0.15, -0.1) is 23.1 Å². The molecule has 0 unspecified atom stereocenters. The number of aromatic nitrogens is 1. The Morgan fingerprint density at radius 2 is 1.95 bits per heavy atom. The summed E-state index contributed by atoms with van der Waals surface area (Å²) in [6.07, 6.45) is 2.13. The molecule has 0 spiro atoms. The molecule has 1 aromatic heterocycles. The summed E-state index contributed by atoms with van der Waals surface area (Å²) in [5, 5.41) is 1.18. The first-order chi connectivity index (χ1) is 9.50. The van der Waals surface area contributed by atoms with Gasteiger partial charge in [0.15, 0.2) is 0 Å². The predicted molar refractivity (Wildman–Crippen MR) is 89.3 cm³/mol. The molecule has 2 aromatic rings. The number of benzene rings is 1. The van der Waals surface area contributed by atoms with Gasteiger partial charge in [-0.3, -0.25) is 0 Å². The minimum Gasteiger partial charge on any atom is -0.321 e. The molecule has 4 heteroatoms. The van der Waals surface area contributed by atoms with E-state index in [0.29, 0.717) is 0 Å². The topological polar surface area (TPSA) is 38.9 Å². The third-order valence-corrected chi connectivity index (χ3v) is 5.56. The van der Waals surface area contributed by atoms with Crippen LogP contribution in [0, 0.1) is 0 Å². The van der Waals surface area contributed by atoms with Crippen LogP contribution in [0.5, 0.6) is 0 Å². The molecule has 2 nitrogen and oxygen atoms in total. The molecule has 0 atom stereocenters. The SMILES string of the molecule is CCCc1nc(CSc2ccccc2)sc1C(C)(C)N. The van der Waals surface area contributed by atoms with Gasteiger partial charge in [-0.1, -0.05) is 31.5 Å². The van der Waals surface area contributed by atoms with Crippen molar-refractivity contribution in [3.05, 3.63) is 45.9 Å². The normalized spacial score (nSPS) is 11.8. The fourth-order valence-electron chi connectivity index (χ4n) is 2.03. The van der Waals surface area contributed by atoms with Crippen LogP contribution in [0.15, 0.2) is 35.2 Å². The molecule has 2 rings (SSSR count). The number of thiazole rings is 1. The molecule has 0 fully saturated rings. The van der Waals surface area contributed by atoms with Crippen molar-refractivity contribution in [3.8, 4) is 0 Å². The highest BCUT2D eigenvalue weighted by Gasteiger charge is 2.22. The second kappa shape index (κ2) is 6.74. The fraction of sp³-hybridized carbons (Fsp3) is 0.438. The van der Waals surface area contributed by atoms with E-state index in [1.807, 2.05) is 17.8 Å². The van der Waals surface area contributed by atoms with Gasteiger partial charge in [0.25, 0.3) is 0 Å². The zero-order valence-electron chi connectivity index (χ0n) is 12.3. The van der Waals surface area contributed by atoms with Gasteiger partial charge in [-0.05, 0) is 32.4 Å². The molecular formula is C16H22N2S2. The lowest BCUT2D eigenvalue weighted by Crippen LogP contribution is -2.28. The maximum Gasteiger partial charge on any atom is 0.103 e. The monoisotopic (exact) mass is 306 g/mol. The maximum absolute atomic E-state index is 6.27. The van der Waals surface area contributed by atoms with E-state index in [1.54, 1.807) is 11.3 Å². The third-order valence-electron chi connectivity index (χ3n) is 2.92. The fourth-order valence-corrected chi connectivity index (χ4v) is 4.07. The van der Waals surface area contributed by atoms with Crippen molar-refractivity contribution >= 4 is 23.1 Å². The van der Waals surface area contributed by atoms with Gasteiger partial charge >= 0.3 is 0 Å². The van der Waals surface area contributed by atoms with Gasteiger partial charge in [0.05, 0.1) is 11.4 Å². The highest BCUT2D eigenvalue weighted by Crippen LogP contribution is 2.32. The lowest BCUT2D eigenvalue weighted by atomic mass is 10.0. The third kappa shape index (κ3) is 4.08. The Morgan fingerprint density at radius 3 is 2.55 bits per heavy atom. The zero-order chi connectivity index (χ0) is 14.6. The summed E-state index contributed by atoms with van der Waals surface area (Å²) in [5.74, 6) is 0.918. The summed E-state index contributed by atoms with van der Waals surface area (Å²) in [5.41, 5.74) is 7.17. The second-order valence-corrected chi connectivity index (χ2v) is 7.59. The van der Waals surface area contributed by atoms with Crippen molar-refractivity contribution < 1.29 is 0 Å². The molecule has 108 valence electrons. The van der Waals surface area contributed by atoms with Gasteiger partial charge in [-0.2, -0.15) is 0 Å². The molecule has 0 saturated heterocycles. The van der Waals surface area contributed by atoms with Gasteiger partial charge < -0.3 is 5.73 Å². The van der Waals surface area contributed by atoms with Crippen LogP contribution in [0.25, 0.3) is 0 Å². The number of thioether (sulfide) groups is 1. The minimum absolute atomic E-state index is 0.294. The maximum atomic E-state index is 6.27. The molecule has 0 saturated carbocycles. The van der Waals surface area contributed by atoms with Crippen molar-refractivity contribution in [2.24, 2.45) is 5.73 Å². The smallest absolute Gasteiger partial charge is 0.103 e. The summed E-state index contributed by atoms with van der Waals surface area (Å²) in [6.45, 7) is 6.31. The van der Waals surface area contributed by atoms with E-state index in [2.05, 4.69) is 45.0 Å². The Labute approximate surface area is 129 Å². The van der Waals surface area contributed by atoms with E-state index >= 15 is 0 Å². The summed E-state index contributed by atoms with van der Waals surface area (Å²) >= 11 is 3.60. The number of hydrogen-bond donors (Lipinski definition) is 1. The lowest BCUT2D eigenvalue weighted by molar-refractivity contribution is 0.557. The van der Waals surface area contributed by atoms with Crippen LogP contribution in [-0.2, 0) is 17.7 Å². The quantitative estimate of drug-likeness (QED) is 0.794. The van der Waals surface area contributed by atoms with E-state index < -0.39 is 0 Å². The zero-order valence-corrected chi connectivity index (χ0v) is 14.0. The van der Waals surface area contributed by atoms with E-state index in [0.717, 1.165) is 18.6 Å². The number of hydrogen-bond acceptors (Lipinski definition) is 4. The molecule has 0 amide bonds. The van der Waals surface area contributed by atoms with Crippen molar-refractivity contribution in [2.45, 2.75) is 49.8 Å². The lowest BCUT2D eigenvalue weighted by Gasteiger charge is -2.17. The average molecular weight is 307 g/mol. The van der Waals surface area contributed by atoms with Crippen molar-refractivity contribution in [2.75, 3.05) is 0 Å². The van der Waals surface area contributed by atoms with E-state index in [1.165, 1.54) is 20.5 Å². The Kier molecular flexibility index (Phi) is 5.24. The Morgan fingerprint density at radius 1 is 1.25 bits per heavy atom. The minimum atomic E-state index is -0.294. The first kappa shape index (κ1) is 15.5. The number of rotatable bonds is 6. The van der Waals surface area contributed by atoms with E-state index in [4.69, 9.17) is 10.7 Å². The van der Waals surface area contributed by atoms with Crippen LogP contribution >= 0.6 is 23.1 Å². The summed E-state index contributed by atoms with van der Waals surface area (Å²) in [6, 6.07) is 10.5. The average Bonchev–Trinajstić information content (AvgIpc) is 2.81. The van der Waals surface area contributed by atoms with E-state index in [-0.39, 0.29) is 5.54 Å². The molecule has 2 N–H and O–H groups in total. The Bertz CT molecular complexity index is 541. The summed E-state index contributed by atoms with van der Waals surface area (Å²) < 4.78 is 0. The Balaban J connectivity index is 2.12. The largest absolute Gasteiger partial charge is 0.321 e. The number of nitrogens with two attached hydrogens (primary N) is 1. The van der Waals surface area contributed by atoms with Crippen LogP contribution in [0.1, 0.15) is 42.8 Å². The van der Waals surface area contributed by atoms with E-state index in [9.17, 15) is 0 Å². The number of aryl methyl sites for hydroxylation is 1. The van der Waals surface area contributed by atoms with Crippen molar-refractivity contribution in [1.82, 2.24) is 4.98 Å².